The number of hydrogen-bond donors (Lipinski definition) is 1. The molecule has 6 nitrogen and oxygen atoms in total. The lowest BCUT2D eigenvalue weighted by Gasteiger charge is -2.25. The number of aliphatic hydroxyl groups is 1. The fourth-order valence-corrected chi connectivity index (χ4v) is 6.14. The summed E-state index contributed by atoms with van der Waals surface area (Å²) in [7, 11) is 0. The fourth-order valence-electron chi connectivity index (χ4n) is 6.14. The van der Waals surface area contributed by atoms with E-state index in [1.54, 1.807) is 0 Å². The van der Waals surface area contributed by atoms with Gasteiger partial charge in [0.15, 0.2) is 0 Å². The largest absolute Gasteiger partial charge is 0.465 e. The lowest BCUT2D eigenvalue weighted by Crippen LogP contribution is -2.29. The molecule has 0 bridgehead atoms. The van der Waals surface area contributed by atoms with Crippen molar-refractivity contribution >= 4 is 11.9 Å². The number of aliphatic hydroxyl groups excluding tert-OH is 1. The monoisotopic (exact) mass is 668 g/mol. The van der Waals surface area contributed by atoms with Gasteiger partial charge in [0.1, 0.15) is 0 Å². The number of nitrogens with zero attached hydrogens (tertiary/aromatic N) is 1. The van der Waals surface area contributed by atoms with Crippen molar-refractivity contribution < 1.29 is 24.2 Å². The number of carbonyl (C=O) groups excluding carboxylic acids is 2. The average Bonchev–Trinajstić information content (AvgIpc) is 3.02. The van der Waals surface area contributed by atoms with Crippen LogP contribution in [0.3, 0.4) is 0 Å². The van der Waals surface area contributed by atoms with Gasteiger partial charge in [-0.2, -0.15) is 0 Å². The molecule has 6 heteroatoms. The minimum Gasteiger partial charge on any atom is -0.465 e. The molecule has 0 saturated heterocycles. The Morgan fingerprint density at radius 3 is 1.81 bits per heavy atom. The number of hydrogen-bond acceptors (Lipinski definition) is 6. The van der Waals surface area contributed by atoms with Crippen LogP contribution in [0.4, 0.5) is 0 Å². The maximum Gasteiger partial charge on any atom is 0.311 e. The topological polar surface area (TPSA) is 76.1 Å². The number of esters is 2. The van der Waals surface area contributed by atoms with E-state index >= 15 is 0 Å². The fraction of sp³-hybridized carbons (Fsp3) is 0.951. The standard InChI is InChI=1S/C41H81NO5/c1-8-9-10-11-12-15-21-28-38(44)47-36-40(4,5)29-22-19-25-32-42(33-34-43)31-24-17-16-23-30-41(6,7)39(45)46-35-26-18-13-14-20-27-37(2)3/h37,43H,8-36H2,1-7H3. The lowest BCUT2D eigenvalue weighted by atomic mass is 9.87. The Balaban J connectivity index is 3.95. The van der Waals surface area contributed by atoms with E-state index in [0.717, 1.165) is 109 Å². The second kappa shape index (κ2) is 29.7. The highest BCUT2D eigenvalue weighted by Crippen LogP contribution is 2.27. The van der Waals surface area contributed by atoms with Crippen molar-refractivity contribution in [1.29, 1.82) is 0 Å². The Kier molecular flexibility index (Phi) is 29.0. The minimum atomic E-state index is -0.413. The maximum absolute atomic E-state index is 12.6. The molecule has 0 radical (unpaired) electrons. The predicted molar refractivity (Wildman–Crippen MR) is 200 cm³/mol. The Labute approximate surface area is 292 Å². The van der Waals surface area contributed by atoms with Crippen molar-refractivity contribution in [3.8, 4) is 0 Å². The van der Waals surface area contributed by atoms with E-state index < -0.39 is 5.41 Å². The van der Waals surface area contributed by atoms with Gasteiger partial charge in [0.2, 0.25) is 0 Å². The van der Waals surface area contributed by atoms with Crippen LogP contribution in [-0.2, 0) is 19.1 Å². The molecule has 0 saturated carbocycles. The second-order valence-electron chi connectivity index (χ2n) is 16.2. The summed E-state index contributed by atoms with van der Waals surface area (Å²) in [5.41, 5.74) is -0.401. The maximum atomic E-state index is 12.6. The number of ether oxygens (including phenoxy) is 2. The van der Waals surface area contributed by atoms with Crippen LogP contribution in [0.15, 0.2) is 0 Å². The summed E-state index contributed by atoms with van der Waals surface area (Å²) in [6.45, 7) is 19.3. The molecule has 0 rings (SSSR count). The van der Waals surface area contributed by atoms with Gasteiger partial charge < -0.3 is 19.5 Å². The van der Waals surface area contributed by atoms with Crippen molar-refractivity contribution in [3.63, 3.8) is 0 Å². The predicted octanol–water partition coefficient (Wildman–Crippen LogP) is 11.1. The van der Waals surface area contributed by atoms with Crippen molar-refractivity contribution in [3.05, 3.63) is 0 Å². The number of carbonyl (C=O) groups is 2. The molecule has 280 valence electrons. The summed E-state index contributed by atoms with van der Waals surface area (Å²) in [6, 6.07) is 0. The van der Waals surface area contributed by atoms with Gasteiger partial charge in [0.25, 0.3) is 0 Å². The second-order valence-corrected chi connectivity index (χ2v) is 16.2. The van der Waals surface area contributed by atoms with Crippen LogP contribution in [-0.4, -0.2) is 61.4 Å². The third kappa shape index (κ3) is 29.5. The number of rotatable bonds is 34. The van der Waals surface area contributed by atoms with E-state index in [2.05, 4.69) is 39.5 Å². The summed E-state index contributed by atoms with van der Waals surface area (Å²) >= 11 is 0. The highest BCUT2D eigenvalue weighted by molar-refractivity contribution is 5.75. The third-order valence-electron chi connectivity index (χ3n) is 9.59. The molecular formula is C41H81NO5. The van der Waals surface area contributed by atoms with E-state index in [1.165, 1.54) is 57.8 Å². The first-order valence-electron chi connectivity index (χ1n) is 20.1. The SMILES string of the molecule is CCCCCCCCCC(=O)OCC(C)(C)CCCCCN(CCO)CCCCCCC(C)(C)C(=O)OCCCCCCCC(C)C. The lowest BCUT2D eigenvalue weighted by molar-refractivity contribution is -0.154. The Morgan fingerprint density at radius 2 is 1.17 bits per heavy atom. The van der Waals surface area contributed by atoms with Crippen LogP contribution in [0.5, 0.6) is 0 Å². The summed E-state index contributed by atoms with van der Waals surface area (Å²) in [5, 5.41) is 9.56. The van der Waals surface area contributed by atoms with Crippen LogP contribution in [0.2, 0.25) is 0 Å². The smallest absolute Gasteiger partial charge is 0.311 e. The Bertz CT molecular complexity index is 735. The summed E-state index contributed by atoms with van der Waals surface area (Å²) in [5.74, 6) is 0.704. The zero-order valence-corrected chi connectivity index (χ0v) is 32.6. The van der Waals surface area contributed by atoms with E-state index in [0.29, 0.717) is 19.6 Å². The molecule has 0 atom stereocenters. The first-order chi connectivity index (χ1) is 22.4. The molecule has 0 aliphatic rings. The highest BCUT2D eigenvalue weighted by Gasteiger charge is 2.28. The van der Waals surface area contributed by atoms with Gasteiger partial charge in [-0.25, -0.2) is 0 Å². The molecule has 0 heterocycles. The zero-order valence-electron chi connectivity index (χ0n) is 32.6. The van der Waals surface area contributed by atoms with Crippen molar-refractivity contribution in [2.45, 2.75) is 196 Å². The van der Waals surface area contributed by atoms with Gasteiger partial charge in [0.05, 0.1) is 25.2 Å². The summed E-state index contributed by atoms with van der Waals surface area (Å²) in [6.07, 6.45) is 26.1. The Morgan fingerprint density at radius 1 is 0.638 bits per heavy atom. The molecule has 0 unspecified atom stereocenters. The molecular weight excluding hydrogens is 586 g/mol. The summed E-state index contributed by atoms with van der Waals surface area (Å²) < 4.78 is 11.2. The molecule has 0 spiro atoms. The first-order valence-corrected chi connectivity index (χ1v) is 20.1. The molecule has 47 heavy (non-hydrogen) atoms. The van der Waals surface area contributed by atoms with Crippen molar-refractivity contribution in [2.24, 2.45) is 16.7 Å². The molecule has 0 fully saturated rings. The van der Waals surface area contributed by atoms with Crippen LogP contribution in [0.25, 0.3) is 0 Å². The molecule has 1 N–H and O–H groups in total. The van der Waals surface area contributed by atoms with Gasteiger partial charge in [0, 0.05) is 13.0 Å². The Hall–Kier alpha value is -1.14. The zero-order chi connectivity index (χ0) is 35.2. The van der Waals surface area contributed by atoms with Gasteiger partial charge in [-0.05, 0) is 76.8 Å². The van der Waals surface area contributed by atoms with Crippen LogP contribution in [0.1, 0.15) is 196 Å². The van der Waals surface area contributed by atoms with E-state index in [-0.39, 0.29) is 24.0 Å². The molecule has 0 aromatic carbocycles. The highest BCUT2D eigenvalue weighted by atomic mass is 16.5. The van der Waals surface area contributed by atoms with Crippen LogP contribution in [0, 0.1) is 16.7 Å². The van der Waals surface area contributed by atoms with Crippen molar-refractivity contribution in [2.75, 3.05) is 39.5 Å². The average molecular weight is 668 g/mol. The molecule has 0 aliphatic carbocycles. The molecule has 0 aromatic rings. The summed E-state index contributed by atoms with van der Waals surface area (Å²) in [4.78, 5) is 27.2. The quantitative estimate of drug-likeness (QED) is 0.0544. The molecule has 0 amide bonds. The van der Waals surface area contributed by atoms with E-state index in [4.69, 9.17) is 9.47 Å². The van der Waals surface area contributed by atoms with E-state index in [1.807, 2.05) is 13.8 Å². The van der Waals surface area contributed by atoms with Gasteiger partial charge in [-0.15, -0.1) is 0 Å². The van der Waals surface area contributed by atoms with Gasteiger partial charge in [-0.1, -0.05) is 137 Å². The minimum absolute atomic E-state index is 0.0124. The normalized spacial score (nSPS) is 12.3. The van der Waals surface area contributed by atoms with Crippen LogP contribution >= 0.6 is 0 Å². The van der Waals surface area contributed by atoms with Gasteiger partial charge >= 0.3 is 11.9 Å². The molecule has 0 aromatic heterocycles. The third-order valence-corrected chi connectivity index (χ3v) is 9.59. The van der Waals surface area contributed by atoms with Gasteiger partial charge in [-0.3, -0.25) is 9.59 Å². The molecule has 0 aliphatic heterocycles. The van der Waals surface area contributed by atoms with Crippen LogP contribution < -0.4 is 0 Å². The van der Waals surface area contributed by atoms with E-state index in [9.17, 15) is 14.7 Å². The van der Waals surface area contributed by atoms with Crippen molar-refractivity contribution in [1.82, 2.24) is 4.90 Å². The number of unbranched alkanes of at least 4 members (excludes halogenated alkanes) is 15. The first kappa shape index (κ1) is 45.9.